The van der Waals surface area contributed by atoms with Gasteiger partial charge in [0.05, 0.1) is 6.61 Å². The molecule has 0 spiro atoms. The summed E-state index contributed by atoms with van der Waals surface area (Å²) in [5.74, 6) is -2.45. The molecule has 9 nitrogen and oxygen atoms in total. The molecule has 0 aliphatic carbocycles. The van der Waals surface area contributed by atoms with Crippen LogP contribution >= 0.6 is 7.82 Å². The Balaban J connectivity index is 2.91. The zero-order valence-electron chi connectivity index (χ0n) is 8.00. The van der Waals surface area contributed by atoms with Crippen LogP contribution in [0.3, 0.4) is 0 Å². The summed E-state index contributed by atoms with van der Waals surface area (Å²) >= 11 is 0. The average molecular weight is 260 g/mol. The number of phosphoric ester groups is 1. The fourth-order valence-corrected chi connectivity index (χ4v) is 1.95. The van der Waals surface area contributed by atoms with E-state index in [1.807, 2.05) is 0 Å². The van der Waals surface area contributed by atoms with Crippen molar-refractivity contribution < 1.29 is 44.0 Å². The number of aliphatic hydroxyl groups excluding tert-OH is 4. The lowest BCUT2D eigenvalue weighted by Gasteiger charge is -2.43. The van der Waals surface area contributed by atoms with Crippen molar-refractivity contribution in [1.82, 2.24) is 0 Å². The predicted molar refractivity (Wildman–Crippen MR) is 46.9 cm³/mol. The maximum atomic E-state index is 10.6. The minimum absolute atomic E-state index is 0.543. The number of rotatable bonds is 3. The maximum absolute atomic E-state index is 10.6. The Morgan fingerprint density at radius 3 is 2.38 bits per heavy atom. The number of aliphatic hydroxyl groups is 4. The summed E-state index contributed by atoms with van der Waals surface area (Å²) in [6, 6.07) is 0. The fourth-order valence-electron chi connectivity index (χ4n) is 1.33. The van der Waals surface area contributed by atoms with Gasteiger partial charge in [0.25, 0.3) is 0 Å². The lowest BCUT2D eigenvalue weighted by molar-refractivity contribution is -0.322. The molecule has 0 aromatic heterocycles. The van der Waals surface area contributed by atoms with Crippen molar-refractivity contribution in [3.63, 3.8) is 0 Å². The van der Waals surface area contributed by atoms with Gasteiger partial charge >= 0.3 is 7.82 Å². The SMILES string of the molecule is O=P(O)(O)OC1(CO)OC[C@@H](O)[C@@H](O)[C@H]1O. The van der Waals surface area contributed by atoms with Crippen LogP contribution in [0.15, 0.2) is 0 Å². The van der Waals surface area contributed by atoms with Crippen LogP contribution in [-0.4, -0.2) is 67.5 Å². The highest BCUT2D eigenvalue weighted by Crippen LogP contribution is 2.44. The summed E-state index contributed by atoms with van der Waals surface area (Å²) in [7, 11) is -5.04. The van der Waals surface area contributed by atoms with E-state index in [2.05, 4.69) is 9.26 Å². The minimum atomic E-state index is -5.04. The number of ether oxygens (including phenoxy) is 1. The summed E-state index contributed by atoms with van der Waals surface area (Å²) in [6.45, 7) is -1.64. The first-order valence-electron chi connectivity index (χ1n) is 4.27. The van der Waals surface area contributed by atoms with Gasteiger partial charge in [-0.15, -0.1) is 0 Å². The van der Waals surface area contributed by atoms with Crippen LogP contribution < -0.4 is 0 Å². The van der Waals surface area contributed by atoms with Gasteiger partial charge in [-0.25, -0.2) is 9.09 Å². The molecule has 0 aromatic carbocycles. The topological polar surface area (TPSA) is 157 Å². The second-order valence-corrected chi connectivity index (χ2v) is 4.53. The van der Waals surface area contributed by atoms with Crippen LogP contribution in [0.2, 0.25) is 0 Å². The van der Waals surface area contributed by atoms with Crippen molar-refractivity contribution in [2.45, 2.75) is 24.1 Å². The molecule has 1 aliphatic rings. The van der Waals surface area contributed by atoms with Gasteiger partial charge in [-0.05, 0) is 0 Å². The van der Waals surface area contributed by atoms with Gasteiger partial charge < -0.3 is 34.9 Å². The molecule has 1 rings (SSSR count). The third-order valence-corrected chi connectivity index (χ3v) is 2.71. The molecular weight excluding hydrogens is 247 g/mol. The molecule has 96 valence electrons. The van der Waals surface area contributed by atoms with Gasteiger partial charge in [0, 0.05) is 0 Å². The highest BCUT2D eigenvalue weighted by Gasteiger charge is 2.53. The Morgan fingerprint density at radius 2 is 1.94 bits per heavy atom. The van der Waals surface area contributed by atoms with Gasteiger partial charge in [0.1, 0.15) is 24.9 Å². The number of phosphoric acid groups is 1. The molecule has 0 amide bonds. The number of hydrogen-bond donors (Lipinski definition) is 6. The van der Waals surface area contributed by atoms with Gasteiger partial charge in [-0.3, -0.25) is 0 Å². The van der Waals surface area contributed by atoms with Crippen molar-refractivity contribution >= 4 is 7.82 Å². The van der Waals surface area contributed by atoms with E-state index >= 15 is 0 Å². The monoisotopic (exact) mass is 260 g/mol. The molecular formula is C6H13O9P. The Hall–Kier alpha value is -0.0900. The molecule has 0 aromatic rings. The largest absolute Gasteiger partial charge is 0.472 e. The van der Waals surface area contributed by atoms with Gasteiger partial charge in [0.15, 0.2) is 0 Å². The van der Waals surface area contributed by atoms with E-state index in [0.29, 0.717) is 0 Å². The quantitative estimate of drug-likeness (QED) is 0.289. The smallest absolute Gasteiger partial charge is 0.391 e. The molecule has 1 aliphatic heterocycles. The lowest BCUT2D eigenvalue weighted by Crippen LogP contribution is -2.63. The first-order chi connectivity index (χ1) is 7.22. The van der Waals surface area contributed by atoms with E-state index in [-0.39, 0.29) is 0 Å². The van der Waals surface area contributed by atoms with E-state index < -0.39 is 45.1 Å². The molecule has 4 atom stereocenters. The van der Waals surface area contributed by atoms with Gasteiger partial charge in [-0.2, -0.15) is 0 Å². The molecule has 0 radical (unpaired) electrons. The Kier molecular flexibility index (Phi) is 4.06. The van der Waals surface area contributed by atoms with Crippen LogP contribution in [0, 0.1) is 0 Å². The van der Waals surface area contributed by atoms with E-state index in [9.17, 15) is 14.8 Å². The Bertz CT molecular complexity index is 290. The molecule has 1 fully saturated rings. The van der Waals surface area contributed by atoms with Crippen molar-refractivity contribution in [3.8, 4) is 0 Å². The van der Waals surface area contributed by atoms with Crippen molar-refractivity contribution in [2.75, 3.05) is 13.2 Å². The van der Waals surface area contributed by atoms with Crippen molar-refractivity contribution in [1.29, 1.82) is 0 Å². The standard InChI is InChI=1S/C6H13O9P/c7-2-6(15-16(11,12)13)5(10)4(9)3(8)1-14-6/h3-5,7-10H,1-2H2,(H2,11,12,13)/t3-,4-,5-,6?/m1/s1. The summed E-state index contributed by atoms with van der Waals surface area (Å²) in [5, 5.41) is 36.8. The van der Waals surface area contributed by atoms with Crippen molar-refractivity contribution in [3.05, 3.63) is 0 Å². The molecule has 16 heavy (non-hydrogen) atoms. The maximum Gasteiger partial charge on any atom is 0.472 e. The summed E-state index contributed by atoms with van der Waals surface area (Å²) < 4.78 is 19.4. The highest BCUT2D eigenvalue weighted by atomic mass is 31.2. The Labute approximate surface area is 90.1 Å². The minimum Gasteiger partial charge on any atom is -0.391 e. The average Bonchev–Trinajstić information content (AvgIpc) is 2.18. The number of hydrogen-bond acceptors (Lipinski definition) is 7. The summed E-state index contributed by atoms with van der Waals surface area (Å²) in [4.78, 5) is 17.2. The highest BCUT2D eigenvalue weighted by molar-refractivity contribution is 7.46. The van der Waals surface area contributed by atoms with E-state index in [4.69, 9.17) is 20.0 Å². The lowest BCUT2D eigenvalue weighted by atomic mass is 9.98. The van der Waals surface area contributed by atoms with E-state index in [1.165, 1.54) is 0 Å². The molecule has 1 heterocycles. The zero-order valence-corrected chi connectivity index (χ0v) is 8.90. The van der Waals surface area contributed by atoms with Crippen LogP contribution in [0.4, 0.5) is 0 Å². The predicted octanol–water partition coefficient (Wildman–Crippen LogP) is -3.10. The third kappa shape index (κ3) is 2.77. The zero-order chi connectivity index (χ0) is 12.6. The first-order valence-corrected chi connectivity index (χ1v) is 5.80. The van der Waals surface area contributed by atoms with Crippen LogP contribution in [0.1, 0.15) is 0 Å². The van der Waals surface area contributed by atoms with Crippen molar-refractivity contribution in [2.24, 2.45) is 0 Å². The molecule has 10 heteroatoms. The second kappa shape index (κ2) is 4.65. The van der Waals surface area contributed by atoms with Gasteiger partial charge in [0.2, 0.25) is 5.79 Å². The van der Waals surface area contributed by atoms with Crippen LogP contribution in [-0.2, 0) is 13.8 Å². The Morgan fingerprint density at radius 1 is 1.38 bits per heavy atom. The summed E-state index contributed by atoms with van der Waals surface area (Å²) in [6.07, 6.45) is -5.17. The molecule has 1 unspecified atom stereocenters. The normalized spacial score (nSPS) is 41.0. The van der Waals surface area contributed by atoms with Crippen LogP contribution in [0.25, 0.3) is 0 Å². The van der Waals surface area contributed by atoms with Crippen LogP contribution in [0.5, 0.6) is 0 Å². The molecule has 1 saturated heterocycles. The van der Waals surface area contributed by atoms with E-state index in [0.717, 1.165) is 0 Å². The summed E-state index contributed by atoms with van der Waals surface area (Å²) in [5.41, 5.74) is 0. The molecule has 0 bridgehead atoms. The fraction of sp³-hybridized carbons (Fsp3) is 1.00. The molecule has 6 N–H and O–H groups in total. The second-order valence-electron chi connectivity index (χ2n) is 3.37. The first kappa shape index (κ1) is 14.0. The third-order valence-electron chi connectivity index (χ3n) is 2.16. The van der Waals surface area contributed by atoms with Gasteiger partial charge in [-0.1, -0.05) is 0 Å². The van der Waals surface area contributed by atoms with E-state index in [1.54, 1.807) is 0 Å². The molecule has 0 saturated carbocycles.